The van der Waals surface area contributed by atoms with E-state index in [0.29, 0.717) is 5.95 Å². The summed E-state index contributed by atoms with van der Waals surface area (Å²) >= 11 is 0. The summed E-state index contributed by atoms with van der Waals surface area (Å²) in [5.74, 6) is 1.44. The lowest BCUT2D eigenvalue weighted by molar-refractivity contribution is 0.415. The molecule has 1 aromatic carbocycles. The second-order valence-electron chi connectivity index (χ2n) is 5.98. The minimum absolute atomic E-state index is 0.198. The Morgan fingerprint density at radius 3 is 2.96 bits per heavy atom. The molecule has 0 amide bonds. The summed E-state index contributed by atoms with van der Waals surface area (Å²) in [6.07, 6.45) is 5.65. The molecule has 126 valence electrons. The lowest BCUT2D eigenvalue weighted by Gasteiger charge is -2.23. The van der Waals surface area contributed by atoms with Crippen LogP contribution in [0.2, 0.25) is 0 Å². The zero-order chi connectivity index (χ0) is 17.1. The summed E-state index contributed by atoms with van der Waals surface area (Å²) in [7, 11) is 1.66. The van der Waals surface area contributed by atoms with Gasteiger partial charge >= 0.3 is 0 Å². The van der Waals surface area contributed by atoms with E-state index >= 15 is 0 Å². The van der Waals surface area contributed by atoms with E-state index in [2.05, 4.69) is 26.1 Å². The van der Waals surface area contributed by atoms with E-state index in [9.17, 15) is 0 Å². The maximum Gasteiger partial charge on any atom is 0.246 e. The molecule has 1 saturated heterocycles. The maximum absolute atomic E-state index is 5.30. The minimum atomic E-state index is 0.198. The van der Waals surface area contributed by atoms with Crippen molar-refractivity contribution in [2.75, 3.05) is 18.6 Å². The molecule has 1 aliphatic rings. The third-order valence-electron chi connectivity index (χ3n) is 4.45. The quantitative estimate of drug-likeness (QED) is 0.730. The minimum Gasteiger partial charge on any atom is -0.497 e. The van der Waals surface area contributed by atoms with E-state index in [1.807, 2.05) is 42.6 Å². The van der Waals surface area contributed by atoms with Crippen LogP contribution in [0.4, 0.5) is 5.95 Å². The van der Waals surface area contributed by atoms with Crippen LogP contribution in [0.5, 0.6) is 5.75 Å². The van der Waals surface area contributed by atoms with Gasteiger partial charge < -0.3 is 9.64 Å². The molecule has 4 rings (SSSR count). The van der Waals surface area contributed by atoms with Gasteiger partial charge in [0.25, 0.3) is 0 Å². The Bertz CT molecular complexity index is 855. The van der Waals surface area contributed by atoms with Gasteiger partial charge in [-0.25, -0.2) is 4.98 Å². The van der Waals surface area contributed by atoms with E-state index in [4.69, 9.17) is 9.72 Å². The number of nitrogens with zero attached hydrogens (tertiary/aromatic N) is 5. The Labute approximate surface area is 146 Å². The SMILES string of the molecule is COc1cccc(-c2cnnc(N3CCCC3c3ccccn3)n2)c1. The van der Waals surface area contributed by atoms with Gasteiger partial charge in [0.05, 0.1) is 30.7 Å². The molecule has 0 spiro atoms. The highest BCUT2D eigenvalue weighted by Gasteiger charge is 2.29. The third kappa shape index (κ3) is 3.15. The van der Waals surface area contributed by atoms with Crippen molar-refractivity contribution in [1.29, 1.82) is 0 Å². The van der Waals surface area contributed by atoms with Crippen molar-refractivity contribution < 1.29 is 4.74 Å². The number of benzene rings is 1. The van der Waals surface area contributed by atoms with Gasteiger partial charge in [-0.05, 0) is 37.1 Å². The zero-order valence-corrected chi connectivity index (χ0v) is 14.0. The number of pyridine rings is 1. The van der Waals surface area contributed by atoms with Gasteiger partial charge in [-0.1, -0.05) is 18.2 Å². The largest absolute Gasteiger partial charge is 0.497 e. The predicted molar refractivity (Wildman–Crippen MR) is 95.4 cm³/mol. The van der Waals surface area contributed by atoms with Crippen molar-refractivity contribution in [3.8, 4) is 17.0 Å². The average Bonchev–Trinajstić information content (AvgIpc) is 3.19. The molecule has 25 heavy (non-hydrogen) atoms. The van der Waals surface area contributed by atoms with E-state index in [0.717, 1.165) is 42.1 Å². The van der Waals surface area contributed by atoms with Gasteiger partial charge in [0, 0.05) is 18.3 Å². The molecule has 0 aliphatic carbocycles. The summed E-state index contributed by atoms with van der Waals surface area (Å²) in [5, 5.41) is 8.44. The molecular formula is C19H19N5O. The lowest BCUT2D eigenvalue weighted by atomic mass is 10.1. The second kappa shape index (κ2) is 6.84. The van der Waals surface area contributed by atoms with Crippen LogP contribution in [-0.2, 0) is 0 Å². The first-order valence-electron chi connectivity index (χ1n) is 8.37. The van der Waals surface area contributed by atoms with Gasteiger partial charge in [-0.15, -0.1) is 5.10 Å². The second-order valence-corrected chi connectivity index (χ2v) is 5.98. The van der Waals surface area contributed by atoms with Gasteiger partial charge in [0.15, 0.2) is 0 Å². The van der Waals surface area contributed by atoms with Gasteiger partial charge in [-0.3, -0.25) is 4.98 Å². The molecule has 1 aliphatic heterocycles. The Balaban J connectivity index is 1.67. The molecule has 2 aromatic heterocycles. The Morgan fingerprint density at radius 2 is 2.12 bits per heavy atom. The fourth-order valence-corrected chi connectivity index (χ4v) is 3.22. The normalized spacial score (nSPS) is 16.8. The highest BCUT2D eigenvalue weighted by atomic mass is 16.5. The lowest BCUT2D eigenvalue weighted by Crippen LogP contribution is -2.25. The highest BCUT2D eigenvalue weighted by Crippen LogP contribution is 2.33. The fraction of sp³-hybridized carbons (Fsp3) is 0.263. The molecule has 3 aromatic rings. The summed E-state index contributed by atoms with van der Waals surface area (Å²) in [4.78, 5) is 11.4. The number of hydrogen-bond donors (Lipinski definition) is 0. The van der Waals surface area contributed by atoms with E-state index in [1.165, 1.54) is 0 Å². The third-order valence-corrected chi connectivity index (χ3v) is 4.45. The van der Waals surface area contributed by atoms with Crippen LogP contribution >= 0.6 is 0 Å². The molecule has 1 unspecified atom stereocenters. The highest BCUT2D eigenvalue weighted by molar-refractivity contribution is 5.61. The van der Waals surface area contributed by atoms with Crippen molar-refractivity contribution in [3.63, 3.8) is 0 Å². The van der Waals surface area contributed by atoms with Crippen LogP contribution in [0.15, 0.2) is 54.9 Å². The van der Waals surface area contributed by atoms with Crippen molar-refractivity contribution in [3.05, 3.63) is 60.6 Å². The first-order chi connectivity index (χ1) is 12.3. The number of ether oxygens (including phenoxy) is 1. The Morgan fingerprint density at radius 1 is 1.16 bits per heavy atom. The first-order valence-corrected chi connectivity index (χ1v) is 8.37. The summed E-state index contributed by atoms with van der Waals surface area (Å²) in [6.45, 7) is 0.907. The summed E-state index contributed by atoms with van der Waals surface area (Å²) in [5.41, 5.74) is 2.80. The average molecular weight is 333 g/mol. The molecule has 3 heterocycles. The van der Waals surface area contributed by atoms with Gasteiger partial charge in [0.2, 0.25) is 5.95 Å². The van der Waals surface area contributed by atoms with Crippen molar-refractivity contribution >= 4 is 5.95 Å². The number of anilines is 1. The van der Waals surface area contributed by atoms with Crippen molar-refractivity contribution in [1.82, 2.24) is 20.2 Å². The predicted octanol–water partition coefficient (Wildman–Crippen LogP) is 3.28. The number of rotatable bonds is 4. The fourth-order valence-electron chi connectivity index (χ4n) is 3.22. The van der Waals surface area contributed by atoms with Crippen LogP contribution < -0.4 is 9.64 Å². The molecule has 6 heteroatoms. The molecule has 1 atom stereocenters. The van der Waals surface area contributed by atoms with Crippen molar-refractivity contribution in [2.45, 2.75) is 18.9 Å². The topological polar surface area (TPSA) is 64.0 Å². The number of hydrogen-bond acceptors (Lipinski definition) is 6. The van der Waals surface area contributed by atoms with Crippen LogP contribution in [0, 0.1) is 0 Å². The maximum atomic E-state index is 5.30. The smallest absolute Gasteiger partial charge is 0.246 e. The molecule has 0 radical (unpaired) electrons. The van der Waals surface area contributed by atoms with Gasteiger partial charge in [0.1, 0.15) is 5.75 Å². The molecule has 6 nitrogen and oxygen atoms in total. The molecule has 0 N–H and O–H groups in total. The van der Waals surface area contributed by atoms with Crippen LogP contribution in [0.1, 0.15) is 24.6 Å². The molecule has 0 bridgehead atoms. The van der Waals surface area contributed by atoms with E-state index < -0.39 is 0 Å². The van der Waals surface area contributed by atoms with Crippen LogP contribution in [0.3, 0.4) is 0 Å². The Hall–Kier alpha value is -3.02. The molecular weight excluding hydrogens is 314 g/mol. The van der Waals surface area contributed by atoms with E-state index in [1.54, 1.807) is 13.3 Å². The van der Waals surface area contributed by atoms with Crippen LogP contribution in [-0.4, -0.2) is 33.8 Å². The monoisotopic (exact) mass is 333 g/mol. The zero-order valence-electron chi connectivity index (χ0n) is 14.0. The summed E-state index contributed by atoms with van der Waals surface area (Å²) < 4.78 is 5.30. The van der Waals surface area contributed by atoms with Crippen molar-refractivity contribution in [2.24, 2.45) is 0 Å². The standard InChI is InChI=1S/C19H19N5O/c1-25-15-7-4-6-14(12-15)17-13-21-23-19(22-17)24-11-5-9-18(24)16-8-2-3-10-20-16/h2-4,6-8,10,12-13,18H,5,9,11H2,1H3. The number of aromatic nitrogens is 4. The number of methoxy groups -OCH3 is 1. The van der Waals surface area contributed by atoms with E-state index in [-0.39, 0.29) is 6.04 Å². The van der Waals surface area contributed by atoms with Gasteiger partial charge in [-0.2, -0.15) is 5.10 Å². The molecule has 0 saturated carbocycles. The van der Waals surface area contributed by atoms with Crippen LogP contribution in [0.25, 0.3) is 11.3 Å². The summed E-state index contributed by atoms with van der Waals surface area (Å²) in [6, 6.07) is 14.0. The molecule has 1 fully saturated rings. The first kappa shape index (κ1) is 15.5. The Kier molecular flexibility index (Phi) is 4.24.